The van der Waals surface area contributed by atoms with Crippen LogP contribution in [0.25, 0.3) is 39.0 Å². The highest BCUT2D eigenvalue weighted by molar-refractivity contribution is 5.93. The van der Waals surface area contributed by atoms with E-state index in [1.807, 2.05) is 5.32 Å². The topological polar surface area (TPSA) is 123 Å². The molecule has 10 nitrogen and oxygen atoms in total. The van der Waals surface area contributed by atoms with Crippen LogP contribution in [0.5, 0.6) is 0 Å². The van der Waals surface area contributed by atoms with Crippen molar-refractivity contribution in [3.63, 3.8) is 0 Å². The van der Waals surface area contributed by atoms with E-state index in [1.54, 1.807) is 43.7 Å². The molecule has 0 aliphatic rings. The number of H-pyrrole nitrogens is 1. The zero-order chi connectivity index (χ0) is 25.6. The second-order valence-corrected chi connectivity index (χ2v) is 8.27. The Balaban J connectivity index is 1.55. The van der Waals surface area contributed by atoms with Gasteiger partial charge in [0.1, 0.15) is 12.6 Å². The number of aromatic amines is 1. The number of nitrogens with zero attached hydrogens (tertiary/aromatic N) is 6. The number of carbonyl (C=O) groups excluding carboxylic acids is 1. The minimum Gasteiger partial charge on any atom is -0.343 e. The van der Waals surface area contributed by atoms with Crippen molar-refractivity contribution in [1.29, 1.82) is 0 Å². The van der Waals surface area contributed by atoms with Gasteiger partial charge in [-0.2, -0.15) is 18.3 Å². The van der Waals surface area contributed by atoms with E-state index in [0.29, 0.717) is 22.2 Å². The molecule has 2 N–H and O–H groups in total. The van der Waals surface area contributed by atoms with E-state index in [9.17, 15) is 22.8 Å². The fraction of sp³-hybridized carbons (Fsp3) is 0.217. The Kier molecular flexibility index (Phi) is 5.54. The molecule has 1 atom stereocenters. The predicted molar refractivity (Wildman–Crippen MR) is 124 cm³/mol. The van der Waals surface area contributed by atoms with Crippen LogP contribution in [0.1, 0.15) is 12.5 Å². The standard InChI is InChI=1S/C23H19F3N8O2/c1-12-4-3-5-18-20(12)34(22(36)33(18)11-19(35)31-13(2)23(24,25)26)21-28-6-14(7-29-21)15-8-27-10-17-16(15)9-30-32-17/h3-10,13H,11H2,1-2H3,(H,30,32)(H,31,35). The number of pyridine rings is 1. The summed E-state index contributed by atoms with van der Waals surface area (Å²) in [5.74, 6) is -0.891. The molecule has 4 aromatic heterocycles. The SMILES string of the molecule is Cc1cccc2c1n(-c1ncc(-c3cncc4[nH]ncc34)cn1)c(=O)n2CC(=O)NC(C)C(F)(F)F. The van der Waals surface area contributed by atoms with Crippen LogP contribution < -0.4 is 11.0 Å². The first-order valence-electron chi connectivity index (χ1n) is 10.8. The van der Waals surface area contributed by atoms with Gasteiger partial charge in [0, 0.05) is 35.1 Å². The molecule has 0 bridgehead atoms. The molecule has 5 rings (SSSR count). The Bertz CT molecular complexity index is 1650. The highest BCUT2D eigenvalue weighted by Gasteiger charge is 2.37. The summed E-state index contributed by atoms with van der Waals surface area (Å²) in [6.45, 7) is 2.01. The lowest BCUT2D eigenvalue weighted by molar-refractivity contribution is -0.158. The maximum Gasteiger partial charge on any atom is 0.408 e. The van der Waals surface area contributed by atoms with Crippen molar-refractivity contribution in [1.82, 2.24) is 39.6 Å². The molecule has 1 aromatic carbocycles. The fourth-order valence-corrected chi connectivity index (χ4v) is 3.99. The average Bonchev–Trinajstić information content (AvgIpc) is 3.42. The number of alkyl halides is 3. The molecular formula is C23H19F3N8O2. The van der Waals surface area contributed by atoms with E-state index < -0.39 is 30.4 Å². The molecule has 0 radical (unpaired) electrons. The van der Waals surface area contributed by atoms with Crippen molar-refractivity contribution in [3.8, 4) is 17.1 Å². The summed E-state index contributed by atoms with van der Waals surface area (Å²) in [5.41, 5.74) is 3.00. The van der Waals surface area contributed by atoms with Crippen molar-refractivity contribution in [2.75, 3.05) is 0 Å². The number of imidazole rings is 1. The number of hydrogen-bond donors (Lipinski definition) is 2. The van der Waals surface area contributed by atoms with Gasteiger partial charge in [-0.05, 0) is 25.5 Å². The highest BCUT2D eigenvalue weighted by atomic mass is 19.4. The van der Waals surface area contributed by atoms with E-state index in [2.05, 4.69) is 25.1 Å². The number of rotatable bonds is 5. The first-order chi connectivity index (χ1) is 17.1. The van der Waals surface area contributed by atoms with Crippen LogP contribution in [0.15, 0.2) is 54.0 Å². The van der Waals surface area contributed by atoms with Crippen LogP contribution in [0.2, 0.25) is 0 Å². The van der Waals surface area contributed by atoms with Crippen LogP contribution in [0.3, 0.4) is 0 Å². The van der Waals surface area contributed by atoms with E-state index in [-0.39, 0.29) is 5.95 Å². The smallest absolute Gasteiger partial charge is 0.343 e. The van der Waals surface area contributed by atoms with Crippen LogP contribution in [-0.4, -0.2) is 52.4 Å². The van der Waals surface area contributed by atoms with Gasteiger partial charge in [-0.1, -0.05) is 12.1 Å². The number of para-hydroxylation sites is 1. The summed E-state index contributed by atoms with van der Waals surface area (Å²) in [6, 6.07) is 3.02. The molecule has 0 aliphatic carbocycles. The van der Waals surface area contributed by atoms with Gasteiger partial charge in [-0.25, -0.2) is 19.3 Å². The summed E-state index contributed by atoms with van der Waals surface area (Å²) >= 11 is 0. The first-order valence-corrected chi connectivity index (χ1v) is 10.8. The van der Waals surface area contributed by atoms with Crippen molar-refractivity contribution < 1.29 is 18.0 Å². The van der Waals surface area contributed by atoms with Crippen molar-refractivity contribution in [2.45, 2.75) is 32.6 Å². The van der Waals surface area contributed by atoms with Crippen molar-refractivity contribution >= 4 is 27.8 Å². The Morgan fingerprint density at radius 3 is 2.61 bits per heavy atom. The van der Waals surface area contributed by atoms with Crippen LogP contribution in [-0.2, 0) is 11.3 Å². The lowest BCUT2D eigenvalue weighted by atomic mass is 10.1. The van der Waals surface area contributed by atoms with Crippen molar-refractivity contribution in [3.05, 3.63) is 65.2 Å². The largest absolute Gasteiger partial charge is 0.408 e. The second-order valence-electron chi connectivity index (χ2n) is 8.27. The number of aryl methyl sites for hydroxylation is 1. The van der Waals surface area contributed by atoms with Gasteiger partial charge in [-0.15, -0.1) is 0 Å². The monoisotopic (exact) mass is 496 g/mol. The van der Waals surface area contributed by atoms with Crippen LogP contribution >= 0.6 is 0 Å². The Morgan fingerprint density at radius 2 is 1.89 bits per heavy atom. The first kappa shape index (κ1) is 23.2. The fourth-order valence-electron chi connectivity index (χ4n) is 3.99. The number of hydrogen-bond acceptors (Lipinski definition) is 6. The molecule has 184 valence electrons. The van der Waals surface area contributed by atoms with Gasteiger partial charge >= 0.3 is 11.9 Å². The number of carbonyl (C=O) groups is 1. The maximum absolute atomic E-state index is 13.4. The number of halogens is 3. The van der Waals surface area contributed by atoms with Gasteiger partial charge in [-0.3, -0.25) is 19.4 Å². The van der Waals surface area contributed by atoms with Crippen molar-refractivity contribution in [2.24, 2.45) is 0 Å². The quantitative estimate of drug-likeness (QED) is 0.386. The number of amides is 1. The van der Waals surface area contributed by atoms with Gasteiger partial charge in [0.25, 0.3) is 0 Å². The number of nitrogens with one attached hydrogen (secondary N) is 2. The molecule has 0 aliphatic heterocycles. The molecule has 36 heavy (non-hydrogen) atoms. The van der Waals surface area contributed by atoms with Crippen LogP contribution in [0, 0.1) is 6.92 Å². The third-order valence-corrected chi connectivity index (χ3v) is 5.84. The molecule has 0 saturated carbocycles. The number of fused-ring (bicyclic) bond motifs is 2. The average molecular weight is 496 g/mol. The van der Waals surface area contributed by atoms with E-state index in [0.717, 1.165) is 28.0 Å². The third kappa shape index (κ3) is 3.97. The molecule has 1 amide bonds. The van der Waals surface area contributed by atoms with Gasteiger partial charge in [0.15, 0.2) is 0 Å². The lowest BCUT2D eigenvalue weighted by Crippen LogP contribution is -2.45. The minimum absolute atomic E-state index is 0.0539. The molecule has 4 heterocycles. The summed E-state index contributed by atoms with van der Waals surface area (Å²) in [6.07, 6.45) is 3.43. The molecule has 0 spiro atoms. The van der Waals surface area contributed by atoms with Gasteiger partial charge in [0.05, 0.1) is 28.9 Å². The zero-order valence-corrected chi connectivity index (χ0v) is 19.0. The molecule has 13 heteroatoms. The van der Waals surface area contributed by atoms with E-state index >= 15 is 0 Å². The summed E-state index contributed by atoms with van der Waals surface area (Å²) in [7, 11) is 0. The molecule has 1 unspecified atom stereocenters. The Labute approximate surface area is 200 Å². The predicted octanol–water partition coefficient (Wildman–Crippen LogP) is 2.90. The van der Waals surface area contributed by atoms with E-state index in [1.165, 1.54) is 17.0 Å². The summed E-state index contributed by atoms with van der Waals surface area (Å²) in [5, 5.41) is 9.57. The van der Waals surface area contributed by atoms with E-state index in [4.69, 9.17) is 0 Å². The Hall–Kier alpha value is -4.55. The van der Waals surface area contributed by atoms with Gasteiger partial charge in [0.2, 0.25) is 11.9 Å². The second kappa shape index (κ2) is 8.59. The number of aromatic nitrogens is 7. The summed E-state index contributed by atoms with van der Waals surface area (Å²) in [4.78, 5) is 38.7. The molecule has 0 saturated heterocycles. The molecular weight excluding hydrogens is 477 g/mol. The Morgan fingerprint density at radius 1 is 1.14 bits per heavy atom. The van der Waals surface area contributed by atoms with Gasteiger partial charge < -0.3 is 5.32 Å². The highest BCUT2D eigenvalue weighted by Crippen LogP contribution is 2.26. The normalized spacial score (nSPS) is 12.8. The van der Waals surface area contributed by atoms with Crippen LogP contribution in [0.4, 0.5) is 13.2 Å². The minimum atomic E-state index is -4.60. The lowest BCUT2D eigenvalue weighted by Gasteiger charge is -2.17. The third-order valence-electron chi connectivity index (χ3n) is 5.84. The zero-order valence-electron chi connectivity index (χ0n) is 19.0. The molecule has 5 aromatic rings. The maximum atomic E-state index is 13.4. The summed E-state index contributed by atoms with van der Waals surface area (Å²) < 4.78 is 41.0. The molecule has 0 fully saturated rings. The number of benzene rings is 1.